The quantitative estimate of drug-likeness (QED) is 0.763. The fourth-order valence-electron chi connectivity index (χ4n) is 6.83. The molecule has 5 aliphatic rings. The number of carbonyl (C=O) groups excluding carboxylic acids is 2. The number of carbonyl (C=O) groups is 2. The fraction of sp³-hybridized carbons (Fsp3) is 0.696. The van der Waals surface area contributed by atoms with Gasteiger partial charge in [-0.15, -0.1) is 11.3 Å². The van der Waals surface area contributed by atoms with Crippen LogP contribution in [0.3, 0.4) is 0 Å². The Bertz CT molecular complexity index is 846. The van der Waals surface area contributed by atoms with Gasteiger partial charge < -0.3 is 10.6 Å². The second-order valence-electron chi connectivity index (χ2n) is 9.78. The van der Waals surface area contributed by atoms with Crippen LogP contribution in [0.4, 0.5) is 5.00 Å². The van der Waals surface area contributed by atoms with Gasteiger partial charge in [-0.2, -0.15) is 5.26 Å². The molecule has 4 bridgehead atoms. The van der Waals surface area contributed by atoms with Gasteiger partial charge in [0.05, 0.1) is 5.56 Å². The second-order valence-corrected chi connectivity index (χ2v) is 10.9. The van der Waals surface area contributed by atoms with Gasteiger partial charge in [0.15, 0.2) is 0 Å². The Balaban J connectivity index is 1.16. The first-order valence-corrected chi connectivity index (χ1v) is 12.0. The van der Waals surface area contributed by atoms with Crippen LogP contribution in [0.1, 0.15) is 73.8 Å². The molecule has 6 heteroatoms. The minimum absolute atomic E-state index is 0.120. The highest BCUT2D eigenvalue weighted by Crippen LogP contribution is 2.60. The molecule has 2 N–H and O–H groups in total. The summed E-state index contributed by atoms with van der Waals surface area (Å²) in [5, 5.41) is 16.2. The van der Waals surface area contributed by atoms with Crippen molar-refractivity contribution < 1.29 is 9.59 Å². The van der Waals surface area contributed by atoms with Crippen LogP contribution in [0.5, 0.6) is 0 Å². The van der Waals surface area contributed by atoms with Crippen molar-refractivity contribution in [2.75, 3.05) is 11.9 Å². The zero-order valence-electron chi connectivity index (χ0n) is 16.9. The molecule has 4 saturated carbocycles. The fourth-order valence-corrected chi connectivity index (χ4v) is 8.08. The van der Waals surface area contributed by atoms with E-state index in [-0.39, 0.29) is 23.7 Å². The minimum Gasteiger partial charge on any atom is -0.355 e. The van der Waals surface area contributed by atoms with Crippen LogP contribution in [-0.2, 0) is 22.4 Å². The summed E-state index contributed by atoms with van der Waals surface area (Å²) in [5.74, 6) is 2.28. The van der Waals surface area contributed by atoms with Crippen molar-refractivity contribution in [1.82, 2.24) is 5.32 Å². The first-order valence-electron chi connectivity index (χ1n) is 11.2. The number of anilines is 1. The summed E-state index contributed by atoms with van der Waals surface area (Å²) >= 11 is 1.55. The van der Waals surface area contributed by atoms with Crippen molar-refractivity contribution in [1.29, 1.82) is 5.26 Å². The number of amides is 2. The SMILES string of the molecule is N#Cc1c(NC(=O)CCNC(=O)C23CC4CC(CC(C4)C2)C3)sc2c1CCCC2. The molecule has 0 unspecified atom stereocenters. The van der Waals surface area contributed by atoms with Crippen LogP contribution in [0.15, 0.2) is 0 Å². The molecule has 4 fully saturated rings. The van der Waals surface area contributed by atoms with Crippen LogP contribution >= 0.6 is 11.3 Å². The van der Waals surface area contributed by atoms with E-state index in [4.69, 9.17) is 0 Å². The second kappa shape index (κ2) is 7.43. The molecule has 0 radical (unpaired) electrons. The standard InChI is InChI=1S/C23H29N3O2S/c24-13-18-17-3-1-2-4-19(17)29-21(18)26-20(27)5-6-25-22(28)23-10-14-7-15(11-23)9-16(8-14)12-23/h14-16H,1-12H2,(H,25,28)(H,26,27). The third-order valence-corrected chi connectivity index (χ3v) is 8.90. The molecular weight excluding hydrogens is 382 g/mol. The first-order chi connectivity index (χ1) is 14.1. The zero-order valence-corrected chi connectivity index (χ0v) is 17.7. The van der Waals surface area contributed by atoms with Crippen molar-refractivity contribution in [3.8, 4) is 6.07 Å². The number of rotatable bonds is 5. The molecular formula is C23H29N3O2S. The van der Waals surface area contributed by atoms with E-state index >= 15 is 0 Å². The molecule has 1 aromatic rings. The highest BCUT2D eigenvalue weighted by Gasteiger charge is 2.54. The number of thiophene rings is 1. The number of fused-ring (bicyclic) bond motifs is 1. The van der Waals surface area contributed by atoms with Crippen molar-refractivity contribution in [2.45, 2.75) is 70.6 Å². The molecule has 1 aromatic heterocycles. The van der Waals surface area contributed by atoms with E-state index in [1.165, 1.54) is 24.1 Å². The molecule has 6 rings (SSSR count). The lowest BCUT2D eigenvalue weighted by Crippen LogP contribution is -2.53. The van der Waals surface area contributed by atoms with Crippen molar-refractivity contribution in [3.63, 3.8) is 0 Å². The lowest BCUT2D eigenvalue weighted by molar-refractivity contribution is -0.146. The molecule has 0 spiro atoms. The third kappa shape index (κ3) is 3.48. The largest absolute Gasteiger partial charge is 0.355 e. The van der Waals surface area contributed by atoms with Gasteiger partial charge in [0.2, 0.25) is 11.8 Å². The lowest BCUT2D eigenvalue weighted by Gasteiger charge is -2.55. The van der Waals surface area contributed by atoms with Gasteiger partial charge in [-0.25, -0.2) is 0 Å². The van der Waals surface area contributed by atoms with E-state index in [0.717, 1.165) is 68.3 Å². The Hall–Kier alpha value is -1.87. The zero-order chi connectivity index (χ0) is 20.0. The first kappa shape index (κ1) is 19.1. The van der Waals surface area contributed by atoms with Gasteiger partial charge in [-0.1, -0.05) is 0 Å². The van der Waals surface area contributed by atoms with E-state index < -0.39 is 0 Å². The number of nitrogens with zero attached hydrogens (tertiary/aromatic N) is 1. The predicted octanol–water partition coefficient (Wildman–Crippen LogP) is 4.16. The summed E-state index contributed by atoms with van der Waals surface area (Å²) in [6, 6.07) is 2.28. The van der Waals surface area contributed by atoms with Gasteiger partial charge in [-0.3, -0.25) is 9.59 Å². The van der Waals surface area contributed by atoms with Crippen LogP contribution < -0.4 is 10.6 Å². The predicted molar refractivity (Wildman–Crippen MR) is 113 cm³/mol. The third-order valence-electron chi connectivity index (χ3n) is 7.69. The average molecular weight is 412 g/mol. The van der Waals surface area contributed by atoms with E-state index in [0.29, 0.717) is 17.1 Å². The summed E-state index contributed by atoms with van der Waals surface area (Å²) < 4.78 is 0. The summed E-state index contributed by atoms with van der Waals surface area (Å²) in [6.07, 6.45) is 11.6. The molecule has 0 aromatic carbocycles. The molecule has 5 aliphatic carbocycles. The van der Waals surface area contributed by atoms with E-state index in [1.807, 2.05) is 0 Å². The monoisotopic (exact) mass is 411 g/mol. The van der Waals surface area contributed by atoms with Crippen LogP contribution in [0, 0.1) is 34.5 Å². The molecule has 0 aliphatic heterocycles. The number of hydrogen-bond donors (Lipinski definition) is 2. The number of nitrogens with one attached hydrogen (secondary N) is 2. The van der Waals surface area contributed by atoms with Gasteiger partial charge in [0.1, 0.15) is 11.1 Å². The molecule has 0 atom stereocenters. The van der Waals surface area contributed by atoms with Gasteiger partial charge in [0.25, 0.3) is 0 Å². The van der Waals surface area contributed by atoms with E-state index in [1.54, 1.807) is 11.3 Å². The number of hydrogen-bond acceptors (Lipinski definition) is 4. The molecule has 5 nitrogen and oxygen atoms in total. The van der Waals surface area contributed by atoms with Crippen LogP contribution in [0.25, 0.3) is 0 Å². The Morgan fingerprint density at radius 1 is 1.07 bits per heavy atom. The highest BCUT2D eigenvalue weighted by molar-refractivity contribution is 7.16. The van der Waals surface area contributed by atoms with Gasteiger partial charge >= 0.3 is 0 Å². The molecule has 2 amide bonds. The Morgan fingerprint density at radius 2 is 1.72 bits per heavy atom. The molecule has 154 valence electrons. The van der Waals surface area contributed by atoms with Gasteiger partial charge in [-0.05, 0) is 87.5 Å². The van der Waals surface area contributed by atoms with Crippen molar-refractivity contribution >= 4 is 28.2 Å². The summed E-state index contributed by atoms with van der Waals surface area (Å²) in [5.41, 5.74) is 1.62. The lowest BCUT2D eigenvalue weighted by atomic mass is 9.49. The summed E-state index contributed by atoms with van der Waals surface area (Å²) in [6.45, 7) is 0.374. The van der Waals surface area contributed by atoms with Crippen molar-refractivity contribution in [2.24, 2.45) is 23.2 Å². The smallest absolute Gasteiger partial charge is 0.226 e. The van der Waals surface area contributed by atoms with Crippen LogP contribution in [0.2, 0.25) is 0 Å². The maximum absolute atomic E-state index is 13.0. The maximum Gasteiger partial charge on any atom is 0.226 e. The average Bonchev–Trinajstić information content (AvgIpc) is 3.03. The summed E-state index contributed by atoms with van der Waals surface area (Å²) in [7, 11) is 0. The Labute approximate surface area is 176 Å². The highest BCUT2D eigenvalue weighted by atomic mass is 32.1. The topological polar surface area (TPSA) is 82.0 Å². The molecule has 1 heterocycles. The normalized spacial score (nSPS) is 31.8. The number of aryl methyl sites for hydroxylation is 1. The van der Waals surface area contributed by atoms with E-state index in [2.05, 4.69) is 16.7 Å². The molecule has 0 saturated heterocycles. The minimum atomic E-state index is -0.161. The van der Waals surface area contributed by atoms with Crippen LogP contribution in [-0.4, -0.2) is 18.4 Å². The van der Waals surface area contributed by atoms with Crippen molar-refractivity contribution in [3.05, 3.63) is 16.0 Å². The van der Waals surface area contributed by atoms with E-state index in [9.17, 15) is 14.9 Å². The number of nitriles is 1. The maximum atomic E-state index is 13.0. The Morgan fingerprint density at radius 3 is 2.38 bits per heavy atom. The molecule has 29 heavy (non-hydrogen) atoms. The van der Waals surface area contributed by atoms with Gasteiger partial charge in [0, 0.05) is 23.3 Å². The Kier molecular flexibility index (Phi) is 4.90. The summed E-state index contributed by atoms with van der Waals surface area (Å²) in [4.78, 5) is 26.7.